The minimum Gasteiger partial charge on any atom is -0.492 e. The molecular formula is C12H16N2O2. The van der Waals surface area contributed by atoms with E-state index in [9.17, 15) is 4.79 Å². The van der Waals surface area contributed by atoms with Gasteiger partial charge in [0, 0.05) is 11.8 Å². The summed E-state index contributed by atoms with van der Waals surface area (Å²) in [5.74, 6) is 0.630. The molecule has 0 radical (unpaired) electrons. The number of nitrogen functional groups attached to an aromatic ring is 1. The largest absolute Gasteiger partial charge is 0.492 e. The highest BCUT2D eigenvalue weighted by Crippen LogP contribution is 2.28. The standard InChI is InChI=1S/C12H16N2O2/c13-9-4-5-10(12(14)15)11(6-9)16-7-8-2-1-3-8/h4-6,8H,1-3,7,13H2,(H2,14,15). The van der Waals surface area contributed by atoms with Crippen molar-refractivity contribution in [2.75, 3.05) is 12.3 Å². The van der Waals surface area contributed by atoms with Crippen molar-refractivity contribution in [3.05, 3.63) is 23.8 Å². The molecule has 1 amide bonds. The fraction of sp³-hybridized carbons (Fsp3) is 0.417. The van der Waals surface area contributed by atoms with Crippen LogP contribution in [-0.2, 0) is 0 Å². The number of amides is 1. The normalized spacial score (nSPS) is 15.5. The molecule has 0 aromatic heterocycles. The zero-order valence-corrected chi connectivity index (χ0v) is 9.11. The molecule has 2 rings (SSSR count). The van der Waals surface area contributed by atoms with Crippen LogP contribution in [0.25, 0.3) is 0 Å². The van der Waals surface area contributed by atoms with E-state index < -0.39 is 5.91 Å². The smallest absolute Gasteiger partial charge is 0.252 e. The van der Waals surface area contributed by atoms with Crippen molar-refractivity contribution in [1.82, 2.24) is 0 Å². The van der Waals surface area contributed by atoms with Crippen LogP contribution < -0.4 is 16.2 Å². The second-order valence-electron chi connectivity index (χ2n) is 4.23. The maximum absolute atomic E-state index is 11.2. The monoisotopic (exact) mass is 220 g/mol. The Bertz CT molecular complexity index is 400. The van der Waals surface area contributed by atoms with Crippen LogP contribution in [0.3, 0.4) is 0 Å². The van der Waals surface area contributed by atoms with Gasteiger partial charge in [0.2, 0.25) is 0 Å². The number of primary amides is 1. The average Bonchev–Trinajstić information content (AvgIpc) is 2.14. The third kappa shape index (κ3) is 2.27. The molecule has 0 spiro atoms. The summed E-state index contributed by atoms with van der Waals surface area (Å²) in [5, 5.41) is 0. The fourth-order valence-electron chi connectivity index (χ4n) is 1.73. The van der Waals surface area contributed by atoms with E-state index in [-0.39, 0.29) is 0 Å². The number of nitrogens with two attached hydrogens (primary N) is 2. The summed E-state index contributed by atoms with van der Waals surface area (Å²) in [4.78, 5) is 11.2. The minimum atomic E-state index is -0.483. The van der Waals surface area contributed by atoms with Crippen molar-refractivity contribution >= 4 is 11.6 Å². The highest BCUT2D eigenvalue weighted by molar-refractivity contribution is 5.96. The van der Waals surface area contributed by atoms with E-state index in [4.69, 9.17) is 16.2 Å². The molecule has 1 aliphatic rings. The van der Waals surface area contributed by atoms with Gasteiger partial charge in [-0.1, -0.05) is 6.42 Å². The Hall–Kier alpha value is -1.71. The maximum atomic E-state index is 11.2. The molecule has 1 aliphatic carbocycles. The van der Waals surface area contributed by atoms with Crippen LogP contribution in [-0.4, -0.2) is 12.5 Å². The number of hydrogen-bond acceptors (Lipinski definition) is 3. The number of hydrogen-bond donors (Lipinski definition) is 2. The molecule has 1 fully saturated rings. The summed E-state index contributed by atoms with van der Waals surface area (Å²) in [7, 11) is 0. The Morgan fingerprint density at radius 1 is 1.44 bits per heavy atom. The lowest BCUT2D eigenvalue weighted by Gasteiger charge is -2.25. The van der Waals surface area contributed by atoms with E-state index in [2.05, 4.69) is 0 Å². The third-order valence-electron chi connectivity index (χ3n) is 2.97. The number of benzene rings is 1. The Kier molecular flexibility index (Phi) is 2.99. The molecule has 0 atom stereocenters. The molecular weight excluding hydrogens is 204 g/mol. The van der Waals surface area contributed by atoms with Crippen LogP contribution >= 0.6 is 0 Å². The number of carbonyl (C=O) groups excluding carboxylic acids is 1. The molecule has 1 saturated carbocycles. The van der Waals surface area contributed by atoms with Gasteiger partial charge in [-0.3, -0.25) is 4.79 Å². The van der Waals surface area contributed by atoms with Gasteiger partial charge in [-0.25, -0.2) is 0 Å². The van der Waals surface area contributed by atoms with Gasteiger partial charge in [0.1, 0.15) is 5.75 Å². The van der Waals surface area contributed by atoms with Crippen molar-refractivity contribution in [2.24, 2.45) is 11.7 Å². The molecule has 4 N–H and O–H groups in total. The lowest BCUT2D eigenvalue weighted by Crippen LogP contribution is -2.21. The van der Waals surface area contributed by atoms with Gasteiger partial charge in [0.15, 0.2) is 0 Å². The zero-order valence-electron chi connectivity index (χ0n) is 9.11. The van der Waals surface area contributed by atoms with Gasteiger partial charge in [-0.2, -0.15) is 0 Å². The first kappa shape index (κ1) is 10.8. The Morgan fingerprint density at radius 2 is 2.19 bits per heavy atom. The van der Waals surface area contributed by atoms with Crippen molar-refractivity contribution in [2.45, 2.75) is 19.3 Å². The quantitative estimate of drug-likeness (QED) is 0.755. The summed E-state index contributed by atoms with van der Waals surface area (Å²) in [5.41, 5.74) is 11.9. The number of rotatable bonds is 4. The molecule has 4 nitrogen and oxygen atoms in total. The van der Waals surface area contributed by atoms with Crippen LogP contribution in [0.5, 0.6) is 5.75 Å². The van der Waals surface area contributed by atoms with Crippen molar-refractivity contribution in [3.8, 4) is 5.75 Å². The van der Waals surface area contributed by atoms with Crippen LogP contribution in [0.4, 0.5) is 5.69 Å². The molecule has 0 saturated heterocycles. The summed E-state index contributed by atoms with van der Waals surface area (Å²) in [6.45, 7) is 0.643. The first-order valence-electron chi connectivity index (χ1n) is 5.49. The van der Waals surface area contributed by atoms with Crippen LogP contribution in [0.15, 0.2) is 18.2 Å². The Morgan fingerprint density at radius 3 is 2.75 bits per heavy atom. The molecule has 0 bridgehead atoms. The summed E-state index contributed by atoms with van der Waals surface area (Å²) in [6, 6.07) is 4.91. The van der Waals surface area contributed by atoms with E-state index in [1.165, 1.54) is 19.3 Å². The summed E-state index contributed by atoms with van der Waals surface area (Å²) >= 11 is 0. The van der Waals surface area contributed by atoms with Crippen molar-refractivity contribution < 1.29 is 9.53 Å². The second kappa shape index (κ2) is 4.43. The van der Waals surface area contributed by atoms with Crippen LogP contribution in [0, 0.1) is 5.92 Å². The molecule has 0 heterocycles. The average molecular weight is 220 g/mol. The molecule has 16 heavy (non-hydrogen) atoms. The van der Waals surface area contributed by atoms with Gasteiger partial charge in [-0.05, 0) is 30.9 Å². The number of ether oxygens (including phenoxy) is 1. The SMILES string of the molecule is NC(=O)c1ccc(N)cc1OCC1CCC1. The zero-order chi connectivity index (χ0) is 11.5. The molecule has 0 unspecified atom stereocenters. The Balaban J connectivity index is 2.09. The van der Waals surface area contributed by atoms with Crippen molar-refractivity contribution in [3.63, 3.8) is 0 Å². The maximum Gasteiger partial charge on any atom is 0.252 e. The van der Waals surface area contributed by atoms with Crippen LogP contribution in [0.1, 0.15) is 29.6 Å². The van der Waals surface area contributed by atoms with Gasteiger partial charge in [0.05, 0.1) is 12.2 Å². The van der Waals surface area contributed by atoms with Gasteiger partial charge < -0.3 is 16.2 Å². The summed E-state index contributed by atoms with van der Waals surface area (Å²) in [6.07, 6.45) is 3.68. The van der Waals surface area contributed by atoms with Crippen molar-refractivity contribution in [1.29, 1.82) is 0 Å². The first-order valence-corrected chi connectivity index (χ1v) is 5.49. The van der Waals surface area contributed by atoms with E-state index in [1.807, 2.05) is 0 Å². The first-order chi connectivity index (χ1) is 7.66. The molecule has 1 aromatic rings. The van der Waals surface area contributed by atoms with E-state index in [1.54, 1.807) is 18.2 Å². The predicted molar refractivity (Wildman–Crippen MR) is 62.2 cm³/mol. The summed E-state index contributed by atoms with van der Waals surface area (Å²) < 4.78 is 5.60. The fourth-order valence-corrected chi connectivity index (χ4v) is 1.73. The third-order valence-corrected chi connectivity index (χ3v) is 2.97. The Labute approximate surface area is 94.6 Å². The molecule has 4 heteroatoms. The topological polar surface area (TPSA) is 78.3 Å². The van der Waals surface area contributed by atoms with E-state index >= 15 is 0 Å². The highest BCUT2D eigenvalue weighted by atomic mass is 16.5. The van der Waals surface area contributed by atoms with Gasteiger partial charge in [-0.15, -0.1) is 0 Å². The minimum absolute atomic E-state index is 0.397. The van der Waals surface area contributed by atoms with Gasteiger partial charge in [0.25, 0.3) is 5.91 Å². The number of carbonyl (C=O) groups is 1. The number of anilines is 1. The highest BCUT2D eigenvalue weighted by Gasteiger charge is 2.19. The van der Waals surface area contributed by atoms with E-state index in [0.717, 1.165) is 0 Å². The van der Waals surface area contributed by atoms with E-state index in [0.29, 0.717) is 29.5 Å². The molecule has 86 valence electrons. The molecule has 1 aromatic carbocycles. The van der Waals surface area contributed by atoms with Crippen LogP contribution in [0.2, 0.25) is 0 Å². The second-order valence-corrected chi connectivity index (χ2v) is 4.23. The predicted octanol–water partition coefficient (Wildman–Crippen LogP) is 1.55. The van der Waals surface area contributed by atoms with Gasteiger partial charge >= 0.3 is 0 Å². The molecule has 0 aliphatic heterocycles. The lowest BCUT2D eigenvalue weighted by atomic mass is 9.86. The lowest BCUT2D eigenvalue weighted by molar-refractivity contribution is 0.0993.